The van der Waals surface area contributed by atoms with Crippen LogP contribution >= 0.6 is 11.6 Å². The Labute approximate surface area is 107 Å². The summed E-state index contributed by atoms with van der Waals surface area (Å²) in [6.07, 6.45) is 0.436. The first-order valence-electron chi connectivity index (χ1n) is 5.43. The second kappa shape index (κ2) is 6.13. The SMILES string of the molecule is CC(C)N(CCC#N)c1ccc(Cl)cc1C#N. The maximum Gasteiger partial charge on any atom is 0.101 e. The molecule has 0 N–H and O–H groups in total. The molecule has 0 aromatic heterocycles. The van der Waals surface area contributed by atoms with E-state index in [4.69, 9.17) is 22.1 Å². The van der Waals surface area contributed by atoms with Crippen LogP contribution in [0.1, 0.15) is 25.8 Å². The van der Waals surface area contributed by atoms with Crippen LogP contribution in [0.4, 0.5) is 5.69 Å². The van der Waals surface area contributed by atoms with E-state index in [2.05, 4.69) is 12.1 Å². The number of rotatable bonds is 4. The first-order valence-corrected chi connectivity index (χ1v) is 5.81. The molecule has 0 bridgehead atoms. The zero-order valence-electron chi connectivity index (χ0n) is 9.94. The number of halogens is 1. The molecule has 0 heterocycles. The van der Waals surface area contributed by atoms with Crippen molar-refractivity contribution in [2.45, 2.75) is 26.3 Å². The van der Waals surface area contributed by atoms with Crippen LogP contribution in [0.15, 0.2) is 18.2 Å². The van der Waals surface area contributed by atoms with Crippen molar-refractivity contribution >= 4 is 17.3 Å². The second-order valence-electron chi connectivity index (χ2n) is 3.97. The lowest BCUT2D eigenvalue weighted by atomic mass is 10.1. The van der Waals surface area contributed by atoms with Gasteiger partial charge in [0.2, 0.25) is 0 Å². The number of hydrogen-bond acceptors (Lipinski definition) is 3. The topological polar surface area (TPSA) is 50.8 Å². The van der Waals surface area contributed by atoms with Crippen molar-refractivity contribution in [1.29, 1.82) is 10.5 Å². The molecule has 0 aliphatic heterocycles. The lowest BCUT2D eigenvalue weighted by Gasteiger charge is -2.29. The third-order valence-electron chi connectivity index (χ3n) is 2.48. The van der Waals surface area contributed by atoms with Crippen LogP contribution in [0.5, 0.6) is 0 Å². The van der Waals surface area contributed by atoms with Crippen LogP contribution in [-0.4, -0.2) is 12.6 Å². The molecule has 88 valence electrons. The smallest absolute Gasteiger partial charge is 0.101 e. The average molecular weight is 248 g/mol. The summed E-state index contributed by atoms with van der Waals surface area (Å²) >= 11 is 5.86. The minimum absolute atomic E-state index is 0.233. The predicted molar refractivity (Wildman–Crippen MR) is 68.9 cm³/mol. The van der Waals surface area contributed by atoms with E-state index in [1.165, 1.54) is 0 Å². The highest BCUT2D eigenvalue weighted by Crippen LogP contribution is 2.25. The highest BCUT2D eigenvalue weighted by molar-refractivity contribution is 6.30. The Morgan fingerprint density at radius 3 is 2.59 bits per heavy atom. The van der Waals surface area contributed by atoms with Gasteiger partial charge < -0.3 is 4.90 Å². The van der Waals surface area contributed by atoms with Gasteiger partial charge in [-0.05, 0) is 32.0 Å². The predicted octanol–water partition coefficient (Wildman–Crippen LogP) is 3.34. The highest BCUT2D eigenvalue weighted by Gasteiger charge is 2.14. The Morgan fingerprint density at radius 1 is 1.35 bits per heavy atom. The number of anilines is 1. The minimum Gasteiger partial charge on any atom is -0.367 e. The van der Waals surface area contributed by atoms with Crippen molar-refractivity contribution in [3.63, 3.8) is 0 Å². The monoisotopic (exact) mass is 247 g/mol. The Morgan fingerprint density at radius 2 is 2.06 bits per heavy atom. The standard InChI is InChI=1S/C13H14ClN3/c1-10(2)17(7-3-6-15)13-5-4-12(14)8-11(13)9-16/h4-5,8,10H,3,7H2,1-2H3. The van der Waals surface area contributed by atoms with Crippen LogP contribution in [0.3, 0.4) is 0 Å². The van der Waals surface area contributed by atoms with E-state index in [-0.39, 0.29) is 6.04 Å². The summed E-state index contributed by atoms with van der Waals surface area (Å²) in [4.78, 5) is 2.04. The van der Waals surface area contributed by atoms with Crippen molar-refractivity contribution in [2.24, 2.45) is 0 Å². The van der Waals surface area contributed by atoms with Gasteiger partial charge in [0.15, 0.2) is 0 Å². The summed E-state index contributed by atoms with van der Waals surface area (Å²) in [5, 5.41) is 18.3. The molecule has 0 spiro atoms. The van der Waals surface area contributed by atoms with E-state index >= 15 is 0 Å². The zero-order valence-corrected chi connectivity index (χ0v) is 10.7. The highest BCUT2D eigenvalue weighted by atomic mass is 35.5. The van der Waals surface area contributed by atoms with Gasteiger partial charge in [-0.25, -0.2) is 0 Å². The van der Waals surface area contributed by atoms with Gasteiger partial charge in [-0.2, -0.15) is 10.5 Å². The number of benzene rings is 1. The molecule has 0 fully saturated rings. The zero-order chi connectivity index (χ0) is 12.8. The van der Waals surface area contributed by atoms with Crippen LogP contribution in [0, 0.1) is 22.7 Å². The summed E-state index contributed by atoms with van der Waals surface area (Å²) in [5.41, 5.74) is 1.38. The van der Waals surface area contributed by atoms with Gasteiger partial charge in [-0.3, -0.25) is 0 Å². The Bertz CT molecular complexity index is 469. The fourth-order valence-electron chi connectivity index (χ4n) is 1.68. The molecular weight excluding hydrogens is 234 g/mol. The van der Waals surface area contributed by atoms with Gasteiger partial charge in [0.05, 0.1) is 23.7 Å². The minimum atomic E-state index is 0.233. The molecule has 0 atom stereocenters. The first kappa shape index (κ1) is 13.4. The van der Waals surface area contributed by atoms with Gasteiger partial charge in [0.1, 0.15) is 6.07 Å². The molecule has 0 amide bonds. The fraction of sp³-hybridized carbons (Fsp3) is 0.385. The number of hydrogen-bond donors (Lipinski definition) is 0. The third kappa shape index (κ3) is 3.37. The van der Waals surface area contributed by atoms with Crippen LogP contribution in [-0.2, 0) is 0 Å². The molecule has 1 rings (SSSR count). The lowest BCUT2D eigenvalue weighted by Crippen LogP contribution is -2.32. The van der Waals surface area contributed by atoms with Crippen molar-refractivity contribution in [3.8, 4) is 12.1 Å². The third-order valence-corrected chi connectivity index (χ3v) is 2.71. The molecule has 0 saturated carbocycles. The van der Waals surface area contributed by atoms with Crippen molar-refractivity contribution in [1.82, 2.24) is 0 Å². The molecule has 0 aliphatic rings. The van der Waals surface area contributed by atoms with Crippen LogP contribution < -0.4 is 4.90 Å². The number of nitrogens with zero attached hydrogens (tertiary/aromatic N) is 3. The Kier molecular flexibility index (Phi) is 4.82. The molecule has 1 aromatic carbocycles. The first-order chi connectivity index (χ1) is 8.10. The molecule has 0 aliphatic carbocycles. The Balaban J connectivity index is 3.11. The molecular formula is C13H14ClN3. The van der Waals surface area contributed by atoms with Gasteiger partial charge >= 0.3 is 0 Å². The average Bonchev–Trinajstić information content (AvgIpc) is 2.30. The molecule has 0 unspecified atom stereocenters. The maximum atomic E-state index is 9.10. The van der Waals surface area contributed by atoms with Crippen molar-refractivity contribution in [3.05, 3.63) is 28.8 Å². The molecule has 0 saturated heterocycles. The maximum absolute atomic E-state index is 9.10. The quantitative estimate of drug-likeness (QED) is 0.820. The summed E-state index contributed by atoms with van der Waals surface area (Å²) in [6.45, 7) is 4.69. The molecule has 17 heavy (non-hydrogen) atoms. The van der Waals surface area contributed by atoms with Gasteiger partial charge in [0.25, 0.3) is 0 Å². The van der Waals surface area contributed by atoms with Crippen molar-refractivity contribution < 1.29 is 0 Å². The van der Waals surface area contributed by atoms with Crippen molar-refractivity contribution in [2.75, 3.05) is 11.4 Å². The van der Waals surface area contributed by atoms with Crippen LogP contribution in [0.2, 0.25) is 5.02 Å². The van der Waals surface area contributed by atoms with E-state index in [9.17, 15) is 0 Å². The summed E-state index contributed by atoms with van der Waals surface area (Å²) in [5.74, 6) is 0. The summed E-state index contributed by atoms with van der Waals surface area (Å²) in [6, 6.07) is 9.74. The van der Waals surface area contributed by atoms with E-state index in [1.807, 2.05) is 24.8 Å². The summed E-state index contributed by atoms with van der Waals surface area (Å²) in [7, 11) is 0. The molecule has 3 nitrogen and oxygen atoms in total. The van der Waals surface area contributed by atoms with E-state index in [0.29, 0.717) is 23.6 Å². The Hall–Kier alpha value is -1.71. The van der Waals surface area contributed by atoms with E-state index in [1.54, 1.807) is 12.1 Å². The number of nitriles is 2. The van der Waals surface area contributed by atoms with Gasteiger partial charge in [-0.1, -0.05) is 11.6 Å². The normalized spacial score (nSPS) is 9.76. The molecule has 1 aromatic rings. The van der Waals surface area contributed by atoms with Gasteiger partial charge in [-0.15, -0.1) is 0 Å². The molecule has 4 heteroatoms. The van der Waals surface area contributed by atoms with Crippen LogP contribution in [0.25, 0.3) is 0 Å². The fourth-order valence-corrected chi connectivity index (χ4v) is 1.85. The second-order valence-corrected chi connectivity index (χ2v) is 4.40. The van der Waals surface area contributed by atoms with Gasteiger partial charge in [0, 0.05) is 17.6 Å². The molecule has 0 radical (unpaired) electrons. The van der Waals surface area contributed by atoms with E-state index < -0.39 is 0 Å². The summed E-state index contributed by atoms with van der Waals surface area (Å²) < 4.78 is 0. The lowest BCUT2D eigenvalue weighted by molar-refractivity contribution is 0.686. The largest absolute Gasteiger partial charge is 0.367 e. The van der Waals surface area contributed by atoms with E-state index in [0.717, 1.165) is 5.69 Å².